The number of amides is 1. The zero-order valence-corrected chi connectivity index (χ0v) is 17.9. The van der Waals surface area contributed by atoms with E-state index < -0.39 is 0 Å². The van der Waals surface area contributed by atoms with Gasteiger partial charge in [-0.15, -0.1) is 0 Å². The molecule has 0 unspecified atom stereocenters. The van der Waals surface area contributed by atoms with E-state index in [0.717, 1.165) is 41.9 Å². The van der Waals surface area contributed by atoms with Crippen molar-refractivity contribution in [3.8, 4) is 17.2 Å². The second-order valence-corrected chi connectivity index (χ2v) is 7.44. The molecule has 1 amide bonds. The van der Waals surface area contributed by atoms with E-state index in [-0.39, 0.29) is 5.91 Å². The molecule has 1 aliphatic heterocycles. The summed E-state index contributed by atoms with van der Waals surface area (Å²) < 4.78 is 16.4. The molecule has 1 aliphatic rings. The first-order valence-electron chi connectivity index (χ1n) is 9.84. The van der Waals surface area contributed by atoms with Gasteiger partial charge in [-0.1, -0.05) is 23.3 Å². The minimum atomic E-state index is 0.111. The number of hydrogen-bond acceptors (Lipinski definition) is 5. The van der Waals surface area contributed by atoms with Gasteiger partial charge in [0, 0.05) is 43.9 Å². The minimum Gasteiger partial charge on any atom is -0.493 e. The van der Waals surface area contributed by atoms with E-state index >= 15 is 0 Å². The Morgan fingerprint density at radius 2 is 1.48 bits per heavy atom. The molecule has 0 bridgehead atoms. The predicted octanol–water partition coefficient (Wildman–Crippen LogP) is 3.29. The van der Waals surface area contributed by atoms with E-state index in [2.05, 4.69) is 11.0 Å². The molecule has 29 heavy (non-hydrogen) atoms. The highest BCUT2D eigenvalue weighted by atomic mass is 16.5. The van der Waals surface area contributed by atoms with Crippen molar-refractivity contribution in [2.24, 2.45) is 0 Å². The molecule has 1 fully saturated rings. The molecule has 0 saturated carbocycles. The summed E-state index contributed by atoms with van der Waals surface area (Å²) in [5.74, 6) is 2.06. The van der Waals surface area contributed by atoms with Crippen LogP contribution in [0.5, 0.6) is 17.2 Å². The zero-order chi connectivity index (χ0) is 21.0. The number of ether oxygens (including phenoxy) is 3. The Morgan fingerprint density at radius 1 is 0.862 bits per heavy atom. The van der Waals surface area contributed by atoms with Gasteiger partial charge in [0.15, 0.2) is 11.5 Å². The summed E-state index contributed by atoms with van der Waals surface area (Å²) in [4.78, 5) is 17.2. The third-order valence-electron chi connectivity index (χ3n) is 5.31. The average molecular weight is 399 g/mol. The lowest BCUT2D eigenvalue weighted by atomic mass is 10.1. The van der Waals surface area contributed by atoms with Crippen molar-refractivity contribution in [3.63, 3.8) is 0 Å². The van der Waals surface area contributed by atoms with Gasteiger partial charge in [-0.3, -0.25) is 9.69 Å². The lowest BCUT2D eigenvalue weighted by molar-refractivity contribution is 0.0627. The number of nitrogens with zero attached hydrogens (tertiary/aromatic N) is 2. The number of rotatable bonds is 6. The first-order chi connectivity index (χ1) is 14.0. The normalized spacial score (nSPS) is 14.6. The fourth-order valence-electron chi connectivity index (χ4n) is 3.92. The lowest BCUT2D eigenvalue weighted by Crippen LogP contribution is -2.48. The summed E-state index contributed by atoms with van der Waals surface area (Å²) >= 11 is 0. The van der Waals surface area contributed by atoms with E-state index in [0.29, 0.717) is 30.3 Å². The van der Waals surface area contributed by atoms with Crippen LogP contribution < -0.4 is 14.2 Å². The Hall–Kier alpha value is -2.73. The molecule has 1 saturated heterocycles. The van der Waals surface area contributed by atoms with E-state index in [1.165, 1.54) is 0 Å². The molecule has 3 rings (SSSR count). The highest BCUT2D eigenvalue weighted by Crippen LogP contribution is 2.40. The van der Waals surface area contributed by atoms with Crippen LogP contribution >= 0.6 is 0 Å². The Bertz CT molecular complexity index is 853. The number of hydrogen-bond donors (Lipinski definition) is 0. The monoisotopic (exact) mass is 398 g/mol. The topological polar surface area (TPSA) is 51.2 Å². The van der Waals surface area contributed by atoms with E-state index in [4.69, 9.17) is 14.2 Å². The quantitative estimate of drug-likeness (QED) is 0.747. The van der Waals surface area contributed by atoms with Crippen LogP contribution in [0.15, 0.2) is 30.3 Å². The van der Waals surface area contributed by atoms with E-state index in [1.807, 2.05) is 43.0 Å². The molecule has 1 heterocycles. The molecule has 6 heteroatoms. The molecule has 0 atom stereocenters. The third-order valence-corrected chi connectivity index (χ3v) is 5.31. The molecular formula is C23H30N2O4. The van der Waals surface area contributed by atoms with Crippen molar-refractivity contribution in [1.29, 1.82) is 0 Å². The molecule has 0 aromatic heterocycles. The van der Waals surface area contributed by atoms with Crippen molar-refractivity contribution < 1.29 is 19.0 Å². The molecule has 2 aromatic rings. The van der Waals surface area contributed by atoms with Gasteiger partial charge in [-0.2, -0.15) is 0 Å². The summed E-state index contributed by atoms with van der Waals surface area (Å²) in [6.45, 7) is 7.83. The summed E-state index contributed by atoms with van der Waals surface area (Å²) in [6, 6.07) is 9.93. The van der Waals surface area contributed by atoms with Crippen LogP contribution in [-0.2, 0) is 6.54 Å². The smallest absolute Gasteiger partial charge is 0.253 e. The molecule has 0 aliphatic carbocycles. The molecule has 6 nitrogen and oxygen atoms in total. The first-order valence-corrected chi connectivity index (χ1v) is 9.84. The fourth-order valence-corrected chi connectivity index (χ4v) is 3.92. The fraction of sp³-hybridized carbons (Fsp3) is 0.435. The summed E-state index contributed by atoms with van der Waals surface area (Å²) in [7, 11) is 4.87. The number of methoxy groups -OCH3 is 3. The van der Waals surface area contributed by atoms with Crippen LogP contribution in [0.1, 0.15) is 27.0 Å². The van der Waals surface area contributed by atoms with Gasteiger partial charge in [0.1, 0.15) is 0 Å². The van der Waals surface area contributed by atoms with Crippen molar-refractivity contribution in [2.45, 2.75) is 20.4 Å². The molecule has 0 spiro atoms. The van der Waals surface area contributed by atoms with E-state index in [1.54, 1.807) is 21.3 Å². The Balaban J connectivity index is 1.66. The standard InChI is InChI=1S/C23H30N2O4/c1-16-12-17(2)14-19(13-16)23(26)25-10-8-24(9-11-25)15-18-6-7-20(27-3)22(29-5)21(18)28-4/h6-7,12-14H,8-11,15H2,1-5H3. The summed E-state index contributed by atoms with van der Waals surface area (Å²) in [5, 5.41) is 0. The van der Waals surface area contributed by atoms with Gasteiger partial charge >= 0.3 is 0 Å². The highest BCUT2D eigenvalue weighted by Gasteiger charge is 2.24. The van der Waals surface area contributed by atoms with Gasteiger partial charge < -0.3 is 19.1 Å². The van der Waals surface area contributed by atoms with Gasteiger partial charge in [-0.05, 0) is 32.0 Å². The molecular weight excluding hydrogens is 368 g/mol. The van der Waals surface area contributed by atoms with Gasteiger partial charge in [0.25, 0.3) is 5.91 Å². The third kappa shape index (κ3) is 4.65. The molecule has 156 valence electrons. The van der Waals surface area contributed by atoms with Gasteiger partial charge in [-0.25, -0.2) is 0 Å². The molecule has 0 N–H and O–H groups in total. The molecule has 0 radical (unpaired) electrons. The maximum atomic E-state index is 12.9. The van der Waals surface area contributed by atoms with Crippen molar-refractivity contribution in [1.82, 2.24) is 9.80 Å². The van der Waals surface area contributed by atoms with Crippen LogP contribution in [0.2, 0.25) is 0 Å². The van der Waals surface area contributed by atoms with Gasteiger partial charge in [0.2, 0.25) is 5.75 Å². The number of aryl methyl sites for hydroxylation is 2. The van der Waals surface area contributed by atoms with Crippen molar-refractivity contribution >= 4 is 5.91 Å². The zero-order valence-electron chi connectivity index (χ0n) is 17.9. The summed E-state index contributed by atoms with van der Waals surface area (Å²) in [5.41, 5.74) is 4.05. The number of carbonyl (C=O) groups excluding carboxylic acids is 1. The second kappa shape index (κ2) is 9.18. The number of piperazine rings is 1. The SMILES string of the molecule is COc1ccc(CN2CCN(C(=O)c3cc(C)cc(C)c3)CC2)c(OC)c1OC. The van der Waals surface area contributed by atoms with Gasteiger partial charge in [0.05, 0.1) is 21.3 Å². The molecule has 2 aromatic carbocycles. The second-order valence-electron chi connectivity index (χ2n) is 7.44. The van der Waals surface area contributed by atoms with Crippen LogP contribution in [0.25, 0.3) is 0 Å². The highest BCUT2D eigenvalue weighted by molar-refractivity contribution is 5.94. The van der Waals surface area contributed by atoms with Crippen molar-refractivity contribution in [3.05, 3.63) is 52.6 Å². The number of carbonyl (C=O) groups is 1. The summed E-state index contributed by atoms with van der Waals surface area (Å²) in [6.07, 6.45) is 0. The van der Waals surface area contributed by atoms with Crippen molar-refractivity contribution in [2.75, 3.05) is 47.5 Å². The first kappa shape index (κ1) is 21.0. The maximum Gasteiger partial charge on any atom is 0.253 e. The average Bonchev–Trinajstić information content (AvgIpc) is 2.72. The van der Waals surface area contributed by atoms with Crippen LogP contribution in [-0.4, -0.2) is 63.2 Å². The van der Waals surface area contributed by atoms with Crippen LogP contribution in [0.4, 0.5) is 0 Å². The lowest BCUT2D eigenvalue weighted by Gasteiger charge is -2.35. The Morgan fingerprint density at radius 3 is 2.03 bits per heavy atom. The van der Waals surface area contributed by atoms with Crippen LogP contribution in [0, 0.1) is 13.8 Å². The Labute approximate surface area is 173 Å². The minimum absolute atomic E-state index is 0.111. The number of benzene rings is 2. The van der Waals surface area contributed by atoms with E-state index in [9.17, 15) is 4.79 Å². The maximum absolute atomic E-state index is 12.9. The van der Waals surface area contributed by atoms with Crippen LogP contribution in [0.3, 0.4) is 0 Å². The largest absolute Gasteiger partial charge is 0.493 e. The Kier molecular flexibility index (Phi) is 6.64. The predicted molar refractivity (Wildman–Crippen MR) is 113 cm³/mol.